The number of carbonyl (C=O) groups is 2. The Labute approximate surface area is 144 Å². The lowest BCUT2D eigenvalue weighted by Gasteiger charge is -2.10. The molecular weight excluding hydrogens is 326 g/mol. The topological polar surface area (TPSA) is 64.6 Å². The molecular formula is C18H19NO4S. The third-order valence-corrected chi connectivity index (χ3v) is 4.84. The van der Waals surface area contributed by atoms with Gasteiger partial charge in [0, 0.05) is 11.5 Å². The molecule has 0 radical (unpaired) electrons. The van der Waals surface area contributed by atoms with Crippen molar-refractivity contribution in [2.45, 2.75) is 25.9 Å². The number of amides is 1. The number of anilines is 1. The molecule has 0 saturated carbocycles. The van der Waals surface area contributed by atoms with E-state index in [2.05, 4.69) is 5.32 Å². The average Bonchev–Trinajstić information content (AvgIpc) is 3.26. The summed E-state index contributed by atoms with van der Waals surface area (Å²) in [4.78, 5) is 25.4. The van der Waals surface area contributed by atoms with Crippen LogP contribution in [0.1, 0.15) is 30.1 Å². The lowest BCUT2D eigenvalue weighted by atomic mass is 10.1. The summed E-state index contributed by atoms with van der Waals surface area (Å²) in [7, 11) is 0. The van der Waals surface area contributed by atoms with Gasteiger partial charge < -0.3 is 14.8 Å². The van der Waals surface area contributed by atoms with Crippen LogP contribution in [0.5, 0.6) is 0 Å². The summed E-state index contributed by atoms with van der Waals surface area (Å²) in [5, 5.41) is 3.34. The molecule has 1 N–H and O–H groups in total. The molecule has 2 aromatic rings. The van der Waals surface area contributed by atoms with Gasteiger partial charge >= 0.3 is 5.97 Å². The van der Waals surface area contributed by atoms with Gasteiger partial charge in [0.2, 0.25) is 0 Å². The van der Waals surface area contributed by atoms with E-state index in [1.807, 2.05) is 30.3 Å². The number of benzene rings is 1. The van der Waals surface area contributed by atoms with Crippen LogP contribution in [0.15, 0.2) is 36.4 Å². The number of nitrogens with one attached hydrogen (secondary N) is 1. The SMILES string of the molecule is CCOC(=O)c1cc(-c2ccccc2)sc1NC(=O)C1CCCO1. The van der Waals surface area contributed by atoms with Crippen molar-refractivity contribution >= 4 is 28.2 Å². The Morgan fingerprint density at radius 3 is 2.79 bits per heavy atom. The largest absolute Gasteiger partial charge is 0.462 e. The molecule has 1 aromatic carbocycles. The summed E-state index contributed by atoms with van der Waals surface area (Å²) >= 11 is 1.37. The van der Waals surface area contributed by atoms with E-state index in [0.29, 0.717) is 23.6 Å². The smallest absolute Gasteiger partial charge is 0.341 e. The van der Waals surface area contributed by atoms with E-state index in [-0.39, 0.29) is 12.5 Å². The third-order valence-electron chi connectivity index (χ3n) is 3.74. The first-order valence-electron chi connectivity index (χ1n) is 7.98. The molecule has 3 rings (SSSR count). The summed E-state index contributed by atoms with van der Waals surface area (Å²) in [6.45, 7) is 2.64. The van der Waals surface area contributed by atoms with Gasteiger partial charge in [-0.1, -0.05) is 30.3 Å². The first-order valence-corrected chi connectivity index (χ1v) is 8.79. The number of thiophene rings is 1. The molecule has 126 valence electrons. The number of ether oxygens (including phenoxy) is 2. The highest BCUT2D eigenvalue weighted by molar-refractivity contribution is 7.20. The maximum absolute atomic E-state index is 12.3. The highest BCUT2D eigenvalue weighted by atomic mass is 32.1. The number of hydrogen-bond acceptors (Lipinski definition) is 5. The molecule has 0 spiro atoms. The van der Waals surface area contributed by atoms with Crippen molar-refractivity contribution in [2.24, 2.45) is 0 Å². The molecule has 1 unspecified atom stereocenters. The summed E-state index contributed by atoms with van der Waals surface area (Å²) in [5.74, 6) is -0.641. The van der Waals surface area contributed by atoms with Crippen LogP contribution in [0.25, 0.3) is 10.4 Å². The predicted molar refractivity (Wildman–Crippen MR) is 93.3 cm³/mol. The van der Waals surface area contributed by atoms with E-state index in [4.69, 9.17) is 9.47 Å². The highest BCUT2D eigenvalue weighted by Gasteiger charge is 2.26. The maximum atomic E-state index is 12.3. The van der Waals surface area contributed by atoms with Gasteiger partial charge in [-0.05, 0) is 31.4 Å². The number of hydrogen-bond donors (Lipinski definition) is 1. The van der Waals surface area contributed by atoms with Crippen LogP contribution in [0.4, 0.5) is 5.00 Å². The second-order valence-electron chi connectivity index (χ2n) is 5.43. The quantitative estimate of drug-likeness (QED) is 0.839. The van der Waals surface area contributed by atoms with Crippen molar-refractivity contribution in [2.75, 3.05) is 18.5 Å². The zero-order chi connectivity index (χ0) is 16.9. The van der Waals surface area contributed by atoms with Crippen molar-refractivity contribution in [1.29, 1.82) is 0 Å². The second-order valence-corrected chi connectivity index (χ2v) is 6.48. The Morgan fingerprint density at radius 2 is 2.12 bits per heavy atom. The maximum Gasteiger partial charge on any atom is 0.341 e. The molecule has 0 bridgehead atoms. The van der Waals surface area contributed by atoms with Crippen LogP contribution in [0, 0.1) is 0 Å². The normalized spacial score (nSPS) is 16.8. The predicted octanol–water partition coefficient (Wildman–Crippen LogP) is 3.71. The Hall–Kier alpha value is -2.18. The molecule has 0 aliphatic carbocycles. The minimum Gasteiger partial charge on any atom is -0.462 e. The van der Waals surface area contributed by atoms with Gasteiger partial charge in [-0.2, -0.15) is 0 Å². The van der Waals surface area contributed by atoms with Gasteiger partial charge in [-0.25, -0.2) is 4.79 Å². The third kappa shape index (κ3) is 3.66. The summed E-state index contributed by atoms with van der Waals surface area (Å²) in [6, 6.07) is 11.5. The molecule has 1 aliphatic heterocycles. The fourth-order valence-corrected chi connectivity index (χ4v) is 3.62. The molecule has 5 nitrogen and oxygen atoms in total. The highest BCUT2D eigenvalue weighted by Crippen LogP contribution is 2.36. The Kier molecular flexibility index (Phi) is 5.27. The zero-order valence-electron chi connectivity index (χ0n) is 13.4. The molecule has 1 saturated heterocycles. The molecule has 1 fully saturated rings. The first-order chi connectivity index (χ1) is 11.7. The lowest BCUT2D eigenvalue weighted by Crippen LogP contribution is -2.27. The van der Waals surface area contributed by atoms with Crippen LogP contribution in [-0.4, -0.2) is 31.2 Å². The monoisotopic (exact) mass is 345 g/mol. The molecule has 24 heavy (non-hydrogen) atoms. The van der Waals surface area contributed by atoms with Crippen LogP contribution in [0.3, 0.4) is 0 Å². The van der Waals surface area contributed by atoms with Crippen molar-refractivity contribution in [3.05, 3.63) is 42.0 Å². The minimum absolute atomic E-state index is 0.209. The van der Waals surface area contributed by atoms with E-state index < -0.39 is 12.1 Å². The Bertz CT molecular complexity index is 720. The summed E-state index contributed by atoms with van der Waals surface area (Å²) in [6.07, 6.45) is 1.14. The average molecular weight is 345 g/mol. The van der Waals surface area contributed by atoms with E-state index in [0.717, 1.165) is 16.9 Å². The van der Waals surface area contributed by atoms with Gasteiger partial charge in [0.05, 0.1) is 12.2 Å². The van der Waals surface area contributed by atoms with Gasteiger partial charge in [0.25, 0.3) is 5.91 Å². The summed E-state index contributed by atoms with van der Waals surface area (Å²) < 4.78 is 10.5. The van der Waals surface area contributed by atoms with Gasteiger partial charge in [-0.15, -0.1) is 11.3 Å². The van der Waals surface area contributed by atoms with Crippen LogP contribution in [0.2, 0.25) is 0 Å². The summed E-state index contributed by atoms with van der Waals surface area (Å²) in [5.41, 5.74) is 1.37. The number of rotatable bonds is 5. The van der Waals surface area contributed by atoms with E-state index in [1.54, 1.807) is 13.0 Å². The molecule has 1 aliphatic rings. The molecule has 1 amide bonds. The number of esters is 1. The van der Waals surface area contributed by atoms with Crippen LogP contribution >= 0.6 is 11.3 Å². The van der Waals surface area contributed by atoms with E-state index >= 15 is 0 Å². The zero-order valence-corrected chi connectivity index (χ0v) is 14.2. The van der Waals surface area contributed by atoms with Crippen molar-refractivity contribution in [1.82, 2.24) is 0 Å². The molecule has 1 atom stereocenters. The van der Waals surface area contributed by atoms with Gasteiger partial charge in [0.15, 0.2) is 0 Å². The second kappa shape index (κ2) is 7.59. The van der Waals surface area contributed by atoms with Crippen LogP contribution in [-0.2, 0) is 14.3 Å². The Morgan fingerprint density at radius 1 is 1.33 bits per heavy atom. The molecule has 2 heterocycles. The lowest BCUT2D eigenvalue weighted by molar-refractivity contribution is -0.124. The molecule has 6 heteroatoms. The number of carbonyl (C=O) groups excluding carboxylic acids is 2. The fraction of sp³-hybridized carbons (Fsp3) is 0.333. The van der Waals surface area contributed by atoms with Crippen molar-refractivity contribution in [3.63, 3.8) is 0 Å². The fourth-order valence-electron chi connectivity index (χ4n) is 2.57. The van der Waals surface area contributed by atoms with Gasteiger partial charge in [0.1, 0.15) is 11.1 Å². The Balaban J connectivity index is 1.88. The van der Waals surface area contributed by atoms with Crippen molar-refractivity contribution in [3.8, 4) is 10.4 Å². The van der Waals surface area contributed by atoms with Crippen molar-refractivity contribution < 1.29 is 19.1 Å². The van der Waals surface area contributed by atoms with E-state index in [1.165, 1.54) is 11.3 Å². The van der Waals surface area contributed by atoms with Gasteiger partial charge in [-0.3, -0.25) is 4.79 Å². The standard InChI is InChI=1S/C18H19NO4S/c1-2-22-18(21)13-11-15(12-7-4-3-5-8-12)24-17(13)19-16(20)14-9-6-10-23-14/h3-5,7-8,11,14H,2,6,9-10H2,1H3,(H,19,20). The minimum atomic E-state index is -0.442. The van der Waals surface area contributed by atoms with Crippen LogP contribution < -0.4 is 5.32 Å². The van der Waals surface area contributed by atoms with E-state index in [9.17, 15) is 9.59 Å². The first kappa shape index (κ1) is 16.7. The molecule has 1 aromatic heterocycles.